The van der Waals surface area contributed by atoms with Gasteiger partial charge in [-0.05, 0) is 26.0 Å². The van der Waals surface area contributed by atoms with Crippen LogP contribution in [0.2, 0.25) is 0 Å². The molecule has 0 atom stereocenters. The van der Waals surface area contributed by atoms with Gasteiger partial charge in [0.2, 0.25) is 0 Å². The van der Waals surface area contributed by atoms with Gasteiger partial charge in [0.05, 0.1) is 12.2 Å². The number of ether oxygens (including phenoxy) is 1. The molecule has 0 aliphatic heterocycles. The molecule has 0 amide bonds. The van der Waals surface area contributed by atoms with E-state index in [4.69, 9.17) is 10.00 Å². The van der Waals surface area contributed by atoms with Crippen LogP contribution in [0.5, 0.6) is 5.75 Å². The molecule has 1 rings (SSSR count). The highest BCUT2D eigenvalue weighted by atomic mass is 19.1. The van der Waals surface area contributed by atoms with Gasteiger partial charge in [-0.3, -0.25) is 4.79 Å². The van der Waals surface area contributed by atoms with Gasteiger partial charge in [0.25, 0.3) is 0 Å². The van der Waals surface area contributed by atoms with Crippen molar-refractivity contribution in [1.82, 2.24) is 0 Å². The molecule has 0 saturated carbocycles. The van der Waals surface area contributed by atoms with Crippen LogP contribution in [0.3, 0.4) is 0 Å². The molecule has 15 heavy (non-hydrogen) atoms. The summed E-state index contributed by atoms with van der Waals surface area (Å²) in [6.45, 7) is 3.32. The van der Waals surface area contributed by atoms with Crippen molar-refractivity contribution in [2.75, 3.05) is 6.61 Å². The molecule has 3 nitrogen and oxygen atoms in total. The first-order chi connectivity index (χ1) is 7.11. The molecule has 0 aliphatic rings. The summed E-state index contributed by atoms with van der Waals surface area (Å²) in [5.41, 5.74) is -0.306. The lowest BCUT2D eigenvalue weighted by atomic mass is 10.1. The number of ketones is 1. The lowest BCUT2D eigenvalue weighted by Crippen LogP contribution is -2.03. The molecule has 0 bridgehead atoms. The molecule has 0 N–H and O–H groups in total. The number of halogens is 1. The van der Waals surface area contributed by atoms with E-state index in [1.165, 1.54) is 19.1 Å². The maximum Gasteiger partial charge on any atom is 0.162 e. The third-order valence-electron chi connectivity index (χ3n) is 1.89. The molecule has 0 radical (unpaired) electrons. The smallest absolute Gasteiger partial charge is 0.162 e. The number of nitriles is 1. The molecule has 1 aromatic rings. The van der Waals surface area contributed by atoms with Crippen LogP contribution in [0.15, 0.2) is 12.1 Å². The van der Waals surface area contributed by atoms with Gasteiger partial charge < -0.3 is 4.74 Å². The summed E-state index contributed by atoms with van der Waals surface area (Å²) in [5.74, 6) is -1.05. The number of benzene rings is 1. The fourth-order valence-corrected chi connectivity index (χ4v) is 1.21. The van der Waals surface area contributed by atoms with Gasteiger partial charge in [-0.2, -0.15) is 5.26 Å². The molecule has 4 heteroatoms. The molecule has 0 unspecified atom stereocenters. The standard InChI is InChI=1S/C11H10FNO2/c1-3-15-10-5-4-8(7(2)14)11(12)9(10)6-13/h4-5H,3H2,1-2H3. The molecule has 0 heterocycles. The second-order valence-electron chi connectivity index (χ2n) is 2.90. The fourth-order valence-electron chi connectivity index (χ4n) is 1.21. The van der Waals surface area contributed by atoms with Gasteiger partial charge in [-0.1, -0.05) is 0 Å². The average Bonchev–Trinajstić information content (AvgIpc) is 2.18. The number of carbonyl (C=O) groups excluding carboxylic acids is 1. The Hall–Kier alpha value is -1.89. The molecule has 0 aromatic heterocycles. The first-order valence-corrected chi connectivity index (χ1v) is 4.48. The minimum absolute atomic E-state index is 0.0880. The van der Waals surface area contributed by atoms with Gasteiger partial charge in [0, 0.05) is 0 Å². The number of rotatable bonds is 3. The first-order valence-electron chi connectivity index (χ1n) is 4.48. The van der Waals surface area contributed by atoms with E-state index >= 15 is 0 Å². The summed E-state index contributed by atoms with van der Waals surface area (Å²) in [4.78, 5) is 11.0. The van der Waals surface area contributed by atoms with Gasteiger partial charge in [0.15, 0.2) is 11.6 Å². The molecule has 0 saturated heterocycles. The molecule has 0 spiro atoms. The zero-order chi connectivity index (χ0) is 11.4. The van der Waals surface area contributed by atoms with Crippen molar-refractivity contribution in [2.24, 2.45) is 0 Å². The molecule has 0 fully saturated rings. The SMILES string of the molecule is CCOc1ccc(C(C)=O)c(F)c1C#N. The fraction of sp³-hybridized carbons (Fsp3) is 0.273. The monoisotopic (exact) mass is 207 g/mol. The highest BCUT2D eigenvalue weighted by molar-refractivity contribution is 5.95. The van der Waals surface area contributed by atoms with Crippen LogP contribution >= 0.6 is 0 Å². The average molecular weight is 207 g/mol. The Balaban J connectivity index is 3.34. The minimum atomic E-state index is -0.809. The van der Waals surface area contributed by atoms with Gasteiger partial charge in [-0.25, -0.2) is 4.39 Å². The molecule has 1 aromatic carbocycles. The van der Waals surface area contributed by atoms with E-state index in [0.717, 1.165) is 0 Å². The van der Waals surface area contributed by atoms with Crippen molar-refractivity contribution in [3.63, 3.8) is 0 Å². The number of Topliss-reactive ketones (excluding diaryl/α,β-unsaturated/α-hetero) is 1. The Kier molecular flexibility index (Phi) is 3.40. The third kappa shape index (κ3) is 2.13. The first kappa shape index (κ1) is 11.2. The summed E-state index contributed by atoms with van der Waals surface area (Å²) < 4.78 is 18.7. The second-order valence-corrected chi connectivity index (χ2v) is 2.90. The van der Waals surface area contributed by atoms with E-state index in [9.17, 15) is 9.18 Å². The van der Waals surface area contributed by atoms with Gasteiger partial charge >= 0.3 is 0 Å². The number of carbonyl (C=O) groups is 1. The molecular weight excluding hydrogens is 197 g/mol. The Bertz CT molecular complexity index is 435. The maximum absolute atomic E-state index is 13.6. The number of hydrogen-bond donors (Lipinski definition) is 0. The van der Waals surface area contributed by atoms with Crippen molar-refractivity contribution in [3.05, 3.63) is 29.1 Å². The van der Waals surface area contributed by atoms with Crippen molar-refractivity contribution in [3.8, 4) is 11.8 Å². The summed E-state index contributed by atoms with van der Waals surface area (Å²) >= 11 is 0. The number of hydrogen-bond acceptors (Lipinski definition) is 3. The predicted octanol–water partition coefficient (Wildman–Crippen LogP) is 2.30. The van der Waals surface area contributed by atoms with Crippen molar-refractivity contribution in [2.45, 2.75) is 13.8 Å². The quantitative estimate of drug-likeness (QED) is 0.714. The van der Waals surface area contributed by atoms with Crippen LogP contribution in [0.1, 0.15) is 29.8 Å². The second kappa shape index (κ2) is 4.56. The Morgan fingerprint density at radius 3 is 2.73 bits per heavy atom. The van der Waals surface area contributed by atoms with Crippen molar-refractivity contribution >= 4 is 5.78 Å². The Labute approximate surface area is 87.1 Å². The van der Waals surface area contributed by atoms with Crippen LogP contribution in [-0.2, 0) is 0 Å². The van der Waals surface area contributed by atoms with Crippen LogP contribution < -0.4 is 4.74 Å². The summed E-state index contributed by atoms with van der Waals surface area (Å²) in [5, 5.41) is 8.75. The number of nitrogens with zero attached hydrogens (tertiary/aromatic N) is 1. The van der Waals surface area contributed by atoms with Crippen molar-refractivity contribution < 1.29 is 13.9 Å². The molecule has 0 aliphatic carbocycles. The third-order valence-corrected chi connectivity index (χ3v) is 1.89. The van der Waals surface area contributed by atoms with Crippen LogP contribution in [0.25, 0.3) is 0 Å². The van der Waals surface area contributed by atoms with Crippen LogP contribution in [0.4, 0.5) is 4.39 Å². The lowest BCUT2D eigenvalue weighted by Gasteiger charge is -2.07. The normalized spacial score (nSPS) is 9.47. The minimum Gasteiger partial charge on any atom is -0.492 e. The van der Waals surface area contributed by atoms with Gasteiger partial charge in [0.1, 0.15) is 17.4 Å². The van der Waals surface area contributed by atoms with E-state index in [1.807, 2.05) is 0 Å². The van der Waals surface area contributed by atoms with Gasteiger partial charge in [-0.15, -0.1) is 0 Å². The topological polar surface area (TPSA) is 50.1 Å². The summed E-state index contributed by atoms with van der Waals surface area (Å²) in [6.07, 6.45) is 0. The highest BCUT2D eigenvalue weighted by Gasteiger charge is 2.16. The maximum atomic E-state index is 13.6. The largest absolute Gasteiger partial charge is 0.492 e. The molecular formula is C11H10FNO2. The Morgan fingerprint density at radius 1 is 1.60 bits per heavy atom. The summed E-state index contributed by atoms with van der Waals surface area (Å²) in [6, 6.07) is 4.45. The van der Waals surface area contributed by atoms with Crippen LogP contribution in [-0.4, -0.2) is 12.4 Å². The van der Waals surface area contributed by atoms with E-state index in [0.29, 0.717) is 6.61 Å². The van der Waals surface area contributed by atoms with E-state index in [2.05, 4.69) is 0 Å². The summed E-state index contributed by atoms with van der Waals surface area (Å²) in [7, 11) is 0. The van der Waals surface area contributed by atoms with E-state index in [1.54, 1.807) is 13.0 Å². The zero-order valence-electron chi connectivity index (χ0n) is 8.50. The lowest BCUT2D eigenvalue weighted by molar-refractivity contribution is 0.101. The van der Waals surface area contributed by atoms with Crippen molar-refractivity contribution in [1.29, 1.82) is 5.26 Å². The zero-order valence-corrected chi connectivity index (χ0v) is 8.50. The van der Waals surface area contributed by atoms with Crippen LogP contribution in [0, 0.1) is 17.1 Å². The highest BCUT2D eigenvalue weighted by Crippen LogP contribution is 2.23. The van der Waals surface area contributed by atoms with E-state index in [-0.39, 0.29) is 16.9 Å². The predicted molar refractivity (Wildman–Crippen MR) is 52.3 cm³/mol. The van der Waals surface area contributed by atoms with E-state index < -0.39 is 11.6 Å². The Morgan fingerprint density at radius 2 is 2.27 bits per heavy atom. The molecule has 78 valence electrons.